The zero-order valence-corrected chi connectivity index (χ0v) is 18.9. The van der Waals surface area contributed by atoms with Gasteiger partial charge < -0.3 is 10.2 Å². The number of nitrogens with one attached hydrogen (secondary N) is 1. The lowest BCUT2D eigenvalue weighted by Crippen LogP contribution is -2.57. The van der Waals surface area contributed by atoms with Crippen LogP contribution in [0.4, 0.5) is 0 Å². The van der Waals surface area contributed by atoms with Crippen molar-refractivity contribution in [1.82, 2.24) is 20.1 Å². The van der Waals surface area contributed by atoms with Crippen molar-refractivity contribution in [1.29, 1.82) is 0 Å². The fraction of sp³-hybridized carbons (Fsp3) is 0.296. The summed E-state index contributed by atoms with van der Waals surface area (Å²) in [6.45, 7) is 2.39. The Labute approximate surface area is 195 Å². The van der Waals surface area contributed by atoms with Crippen molar-refractivity contribution in [2.75, 3.05) is 26.7 Å². The van der Waals surface area contributed by atoms with Crippen LogP contribution in [0.15, 0.2) is 85.1 Å². The first-order chi connectivity index (χ1) is 16.1. The summed E-state index contributed by atoms with van der Waals surface area (Å²) in [5.41, 5.74) is 3.23. The van der Waals surface area contributed by atoms with Crippen LogP contribution >= 0.6 is 0 Å². The molecular formula is C27H30N4O2. The zero-order valence-electron chi connectivity index (χ0n) is 18.9. The third-order valence-electron chi connectivity index (χ3n) is 6.18. The lowest BCUT2D eigenvalue weighted by molar-refractivity contribution is -0.138. The second kappa shape index (κ2) is 10.9. The molecule has 0 radical (unpaired) electrons. The van der Waals surface area contributed by atoms with Crippen LogP contribution in [-0.4, -0.2) is 59.3 Å². The smallest absolute Gasteiger partial charge is 0.237 e. The molecule has 3 aromatic rings. The van der Waals surface area contributed by atoms with Crippen LogP contribution in [0, 0.1) is 0 Å². The summed E-state index contributed by atoms with van der Waals surface area (Å²) in [4.78, 5) is 34.0. The highest BCUT2D eigenvalue weighted by atomic mass is 16.2. The molecule has 2 amide bonds. The van der Waals surface area contributed by atoms with E-state index >= 15 is 0 Å². The first-order valence-electron chi connectivity index (χ1n) is 11.4. The van der Waals surface area contributed by atoms with Gasteiger partial charge in [-0.2, -0.15) is 0 Å². The van der Waals surface area contributed by atoms with Crippen LogP contribution in [0.5, 0.6) is 0 Å². The second-order valence-electron chi connectivity index (χ2n) is 8.45. The van der Waals surface area contributed by atoms with Gasteiger partial charge in [-0.25, -0.2) is 0 Å². The van der Waals surface area contributed by atoms with Crippen molar-refractivity contribution < 1.29 is 9.59 Å². The number of aromatic nitrogens is 1. The molecule has 1 N–H and O–H groups in total. The monoisotopic (exact) mass is 442 g/mol. The van der Waals surface area contributed by atoms with E-state index in [4.69, 9.17) is 0 Å². The largest absolute Gasteiger partial charge is 0.353 e. The van der Waals surface area contributed by atoms with Gasteiger partial charge in [0.15, 0.2) is 0 Å². The molecule has 1 aliphatic rings. The number of benzene rings is 2. The zero-order chi connectivity index (χ0) is 23.0. The molecule has 4 rings (SSSR count). The molecule has 170 valence electrons. The summed E-state index contributed by atoms with van der Waals surface area (Å²) >= 11 is 0. The molecule has 1 unspecified atom stereocenters. The summed E-state index contributed by atoms with van der Waals surface area (Å²) in [5, 5.41) is 2.95. The molecule has 6 heteroatoms. The predicted octanol–water partition coefficient (Wildman–Crippen LogP) is 3.06. The minimum absolute atomic E-state index is 0.0660. The van der Waals surface area contributed by atoms with Gasteiger partial charge in [0.1, 0.15) is 0 Å². The topological polar surface area (TPSA) is 65.5 Å². The molecular weight excluding hydrogens is 412 g/mol. The molecule has 33 heavy (non-hydrogen) atoms. The number of carbonyl (C=O) groups excluding carboxylic acids is 2. The van der Waals surface area contributed by atoms with Gasteiger partial charge in [0.25, 0.3) is 0 Å². The molecule has 1 aliphatic heterocycles. The first kappa shape index (κ1) is 22.7. The summed E-state index contributed by atoms with van der Waals surface area (Å²) in [6, 6.07) is 25.9. The minimum Gasteiger partial charge on any atom is -0.353 e. The Bertz CT molecular complexity index is 1000. The summed E-state index contributed by atoms with van der Waals surface area (Å²) in [6.07, 6.45) is 1.86. The molecule has 0 bridgehead atoms. The lowest BCUT2D eigenvalue weighted by Gasteiger charge is -2.37. The number of hydrogen-bond acceptors (Lipinski definition) is 4. The SMILES string of the molecule is CN(Cc1ccccn1)C(=O)CC1C(=O)NCCN1CC(c1ccccc1)c1ccccc1. The Morgan fingerprint density at radius 1 is 1.03 bits per heavy atom. The Kier molecular flexibility index (Phi) is 7.47. The van der Waals surface area contributed by atoms with Crippen molar-refractivity contribution in [3.63, 3.8) is 0 Å². The van der Waals surface area contributed by atoms with E-state index in [2.05, 4.69) is 39.5 Å². The molecule has 0 spiro atoms. The van der Waals surface area contributed by atoms with Crippen molar-refractivity contribution >= 4 is 11.8 Å². The van der Waals surface area contributed by atoms with E-state index in [0.717, 1.165) is 5.69 Å². The first-order valence-corrected chi connectivity index (χ1v) is 11.4. The maximum absolute atomic E-state index is 13.0. The van der Waals surface area contributed by atoms with Crippen LogP contribution in [0.3, 0.4) is 0 Å². The number of hydrogen-bond donors (Lipinski definition) is 1. The van der Waals surface area contributed by atoms with Gasteiger partial charge in [0.2, 0.25) is 11.8 Å². The van der Waals surface area contributed by atoms with Gasteiger partial charge in [0.05, 0.1) is 24.7 Å². The molecule has 1 saturated heterocycles. The Morgan fingerprint density at radius 2 is 1.67 bits per heavy atom. The van der Waals surface area contributed by atoms with E-state index in [1.165, 1.54) is 11.1 Å². The van der Waals surface area contributed by atoms with Crippen LogP contribution < -0.4 is 5.32 Å². The van der Waals surface area contributed by atoms with Gasteiger partial charge in [0, 0.05) is 38.8 Å². The molecule has 0 saturated carbocycles. The quantitative estimate of drug-likeness (QED) is 0.582. The molecule has 1 atom stereocenters. The van der Waals surface area contributed by atoms with Crippen LogP contribution in [0.2, 0.25) is 0 Å². The lowest BCUT2D eigenvalue weighted by atomic mass is 9.90. The normalized spacial score (nSPS) is 16.4. The molecule has 1 fully saturated rings. The molecule has 1 aromatic heterocycles. The minimum atomic E-state index is -0.493. The van der Waals surface area contributed by atoms with Crippen molar-refractivity contribution in [3.05, 3.63) is 102 Å². The van der Waals surface area contributed by atoms with Gasteiger partial charge in [-0.3, -0.25) is 19.5 Å². The van der Waals surface area contributed by atoms with E-state index in [-0.39, 0.29) is 24.2 Å². The molecule has 2 aromatic carbocycles. The highest BCUT2D eigenvalue weighted by molar-refractivity contribution is 5.88. The number of pyridine rings is 1. The Hall–Kier alpha value is -3.51. The maximum atomic E-state index is 13.0. The fourth-order valence-electron chi connectivity index (χ4n) is 4.36. The van der Waals surface area contributed by atoms with Crippen molar-refractivity contribution in [3.8, 4) is 0 Å². The van der Waals surface area contributed by atoms with Gasteiger partial charge >= 0.3 is 0 Å². The average Bonchev–Trinajstić information content (AvgIpc) is 2.86. The summed E-state index contributed by atoms with van der Waals surface area (Å²) < 4.78 is 0. The van der Waals surface area contributed by atoms with Gasteiger partial charge in [-0.1, -0.05) is 66.7 Å². The van der Waals surface area contributed by atoms with E-state index in [9.17, 15) is 9.59 Å². The summed E-state index contributed by atoms with van der Waals surface area (Å²) in [5.74, 6) is -0.0356. The van der Waals surface area contributed by atoms with Gasteiger partial charge in [-0.15, -0.1) is 0 Å². The van der Waals surface area contributed by atoms with Crippen molar-refractivity contribution in [2.45, 2.75) is 24.9 Å². The van der Waals surface area contributed by atoms with Crippen molar-refractivity contribution in [2.24, 2.45) is 0 Å². The predicted molar refractivity (Wildman–Crippen MR) is 128 cm³/mol. The van der Waals surface area contributed by atoms with E-state index in [1.807, 2.05) is 54.6 Å². The molecule has 6 nitrogen and oxygen atoms in total. The third-order valence-corrected chi connectivity index (χ3v) is 6.18. The summed E-state index contributed by atoms with van der Waals surface area (Å²) in [7, 11) is 1.76. The van der Waals surface area contributed by atoms with E-state index in [0.29, 0.717) is 26.2 Å². The van der Waals surface area contributed by atoms with E-state index in [1.54, 1.807) is 18.1 Å². The fourth-order valence-corrected chi connectivity index (χ4v) is 4.36. The third kappa shape index (κ3) is 5.84. The van der Waals surface area contributed by atoms with Gasteiger partial charge in [-0.05, 0) is 23.3 Å². The van der Waals surface area contributed by atoms with Crippen LogP contribution in [-0.2, 0) is 16.1 Å². The maximum Gasteiger partial charge on any atom is 0.237 e. The number of amides is 2. The number of nitrogens with zero attached hydrogens (tertiary/aromatic N) is 3. The van der Waals surface area contributed by atoms with Crippen LogP contribution in [0.25, 0.3) is 0 Å². The standard InChI is InChI=1S/C27H30N4O2/c1-30(19-23-14-8-9-15-28-23)26(32)18-25-27(33)29-16-17-31(25)20-24(21-10-4-2-5-11-21)22-12-6-3-7-13-22/h2-15,24-25H,16-20H2,1H3,(H,29,33). The highest BCUT2D eigenvalue weighted by Gasteiger charge is 2.34. The second-order valence-corrected chi connectivity index (χ2v) is 8.45. The molecule has 0 aliphatic carbocycles. The highest BCUT2D eigenvalue weighted by Crippen LogP contribution is 2.27. The number of rotatable bonds is 8. The van der Waals surface area contributed by atoms with Crippen LogP contribution in [0.1, 0.15) is 29.2 Å². The number of carbonyl (C=O) groups is 2. The molecule has 2 heterocycles. The average molecular weight is 443 g/mol. The Morgan fingerprint density at radius 3 is 2.27 bits per heavy atom. The number of piperazine rings is 1. The Balaban J connectivity index is 1.51. The van der Waals surface area contributed by atoms with E-state index < -0.39 is 6.04 Å².